The molecule has 1 nitrogen and oxygen atoms in total. The van der Waals surface area contributed by atoms with Gasteiger partial charge in [-0.1, -0.05) is 164 Å². The molecule has 1 aromatic heterocycles. The number of hydrogen-bond donors (Lipinski definition) is 0. The van der Waals surface area contributed by atoms with Gasteiger partial charge < -0.3 is 4.42 Å². The summed E-state index contributed by atoms with van der Waals surface area (Å²) in [6.07, 6.45) is 0. The van der Waals surface area contributed by atoms with Gasteiger partial charge >= 0.3 is 0 Å². The maximum Gasteiger partial charge on any atom is 0.143 e. The molecular weight excluding hydrogens is 593 g/mol. The van der Waals surface area contributed by atoms with Gasteiger partial charge in [0.1, 0.15) is 11.2 Å². The van der Waals surface area contributed by atoms with Crippen LogP contribution in [0.3, 0.4) is 0 Å². The molecule has 0 saturated carbocycles. The Morgan fingerprint density at radius 1 is 0.347 bits per heavy atom. The summed E-state index contributed by atoms with van der Waals surface area (Å²) in [6.45, 7) is 0. The van der Waals surface area contributed by atoms with E-state index in [0.717, 1.165) is 59.8 Å². The summed E-state index contributed by atoms with van der Waals surface area (Å²) in [5.41, 5.74) is 8.99. The fourth-order valence-corrected chi connectivity index (χ4v) is 7.56. The fourth-order valence-electron chi connectivity index (χ4n) is 7.56. The van der Waals surface area contributed by atoms with Gasteiger partial charge in [-0.3, -0.25) is 0 Å². The second-order valence-corrected chi connectivity index (χ2v) is 12.4. The molecule has 0 atom stereocenters. The number of rotatable bonds is 4. The Kier molecular flexibility index (Phi) is 5.20. The summed E-state index contributed by atoms with van der Waals surface area (Å²) in [5.74, 6) is 0. The van der Waals surface area contributed by atoms with E-state index in [1.807, 2.05) is 42.5 Å². The number of furan rings is 1. The van der Waals surface area contributed by atoms with Crippen molar-refractivity contribution >= 4 is 54.3 Å². The minimum absolute atomic E-state index is 0.175. The van der Waals surface area contributed by atoms with E-state index in [1.165, 1.54) is 16.7 Å². The first-order valence-electron chi connectivity index (χ1n) is 18.9. The van der Waals surface area contributed by atoms with Gasteiger partial charge in [-0.2, -0.15) is 0 Å². The lowest BCUT2D eigenvalue weighted by Crippen LogP contribution is -1.91. The maximum absolute atomic E-state index is 8.82. The van der Waals surface area contributed by atoms with Gasteiger partial charge in [0, 0.05) is 16.2 Å². The van der Waals surface area contributed by atoms with Crippen LogP contribution in [0, 0.1) is 0 Å². The number of benzene rings is 9. The maximum atomic E-state index is 8.82. The molecule has 1 heteroatoms. The van der Waals surface area contributed by atoms with Crippen molar-refractivity contribution < 1.29 is 11.3 Å². The SMILES string of the molecule is [2H]c1c([2H])c([2H])c(-c2cc3c4cc(-c5c6ccccc6c(-c6ccc(-c7ccccc7)cc6)c6ccccc56)ccc4oc3c3ccccc23)c([2H])c1[2H]. The summed E-state index contributed by atoms with van der Waals surface area (Å²) in [5, 5.41) is 7.86. The van der Waals surface area contributed by atoms with Crippen molar-refractivity contribution in [3.8, 4) is 44.5 Å². The van der Waals surface area contributed by atoms with Crippen molar-refractivity contribution in [1.29, 1.82) is 0 Å². The van der Waals surface area contributed by atoms with Crippen molar-refractivity contribution in [2.24, 2.45) is 0 Å². The third-order valence-electron chi connectivity index (χ3n) is 9.75. The highest BCUT2D eigenvalue weighted by molar-refractivity contribution is 6.23. The van der Waals surface area contributed by atoms with E-state index in [0.29, 0.717) is 16.7 Å². The average Bonchev–Trinajstić information content (AvgIpc) is 3.60. The third kappa shape index (κ3) is 4.40. The molecule has 0 spiro atoms. The third-order valence-corrected chi connectivity index (χ3v) is 9.75. The molecule has 0 radical (unpaired) electrons. The Labute approximate surface area is 291 Å². The lowest BCUT2D eigenvalue weighted by molar-refractivity contribution is 0.673. The summed E-state index contributed by atoms with van der Waals surface area (Å²) in [6, 6.07) is 50.8. The molecular formula is C48H30O. The average molecular weight is 628 g/mol. The van der Waals surface area contributed by atoms with Crippen LogP contribution in [0.5, 0.6) is 0 Å². The molecule has 0 amide bonds. The topological polar surface area (TPSA) is 13.1 Å². The van der Waals surface area contributed by atoms with Crippen LogP contribution in [0.1, 0.15) is 6.85 Å². The molecule has 9 aromatic carbocycles. The van der Waals surface area contributed by atoms with E-state index in [2.05, 4.69) is 109 Å². The van der Waals surface area contributed by atoms with E-state index < -0.39 is 6.04 Å². The largest absolute Gasteiger partial charge is 0.455 e. The first kappa shape index (κ1) is 23.0. The van der Waals surface area contributed by atoms with E-state index in [4.69, 9.17) is 11.3 Å². The zero-order valence-electron chi connectivity index (χ0n) is 31.3. The van der Waals surface area contributed by atoms with Crippen LogP contribution in [-0.2, 0) is 0 Å². The molecule has 49 heavy (non-hydrogen) atoms. The standard InChI is InChI=1S/C48H30O/c1-3-13-31(14-4-1)32-23-25-34(26-24-32)46-37-18-8-10-20-39(37)47(40-21-11-9-19-38(40)46)35-27-28-45-43(29-35)44-30-42(33-15-5-2-6-16-33)36-17-7-12-22-41(36)48(44)49-45/h1-30H/i2D,5D,6D,15D,16D. The van der Waals surface area contributed by atoms with E-state index in [-0.39, 0.29) is 29.7 Å². The van der Waals surface area contributed by atoms with Crippen LogP contribution < -0.4 is 0 Å². The highest BCUT2D eigenvalue weighted by Gasteiger charge is 2.19. The molecule has 228 valence electrons. The molecule has 0 unspecified atom stereocenters. The molecule has 1 heterocycles. The quantitative estimate of drug-likeness (QED) is 0.177. The summed E-state index contributed by atoms with van der Waals surface area (Å²) < 4.78 is 49.2. The van der Waals surface area contributed by atoms with Gasteiger partial charge in [0.15, 0.2) is 0 Å². The Morgan fingerprint density at radius 2 is 0.857 bits per heavy atom. The first-order valence-corrected chi connectivity index (χ1v) is 16.4. The summed E-state index contributed by atoms with van der Waals surface area (Å²) >= 11 is 0. The molecule has 10 rings (SSSR count). The molecule has 0 bridgehead atoms. The Hall–Kier alpha value is -6.44. The van der Waals surface area contributed by atoms with Crippen LogP contribution in [0.15, 0.2) is 186 Å². The van der Waals surface area contributed by atoms with Crippen molar-refractivity contribution in [1.82, 2.24) is 0 Å². The summed E-state index contributed by atoms with van der Waals surface area (Å²) in [7, 11) is 0. The van der Waals surface area contributed by atoms with Gasteiger partial charge in [0.2, 0.25) is 0 Å². The number of hydrogen-bond acceptors (Lipinski definition) is 1. The monoisotopic (exact) mass is 627 g/mol. The van der Waals surface area contributed by atoms with Gasteiger partial charge in [0.25, 0.3) is 0 Å². The van der Waals surface area contributed by atoms with Crippen molar-refractivity contribution in [3.63, 3.8) is 0 Å². The minimum atomic E-state index is -0.410. The molecule has 0 N–H and O–H groups in total. The zero-order chi connectivity index (χ0) is 36.7. The predicted octanol–water partition coefficient (Wildman–Crippen LogP) is 13.7. The molecule has 10 aromatic rings. The Balaban J connectivity index is 1.23. The van der Waals surface area contributed by atoms with Crippen molar-refractivity contribution in [3.05, 3.63) is 182 Å². The van der Waals surface area contributed by atoms with E-state index in [1.54, 1.807) is 0 Å². The van der Waals surface area contributed by atoms with Crippen molar-refractivity contribution in [2.75, 3.05) is 0 Å². The van der Waals surface area contributed by atoms with Crippen LogP contribution in [0.25, 0.3) is 98.8 Å². The summed E-state index contributed by atoms with van der Waals surface area (Å²) in [4.78, 5) is 0. The second kappa shape index (κ2) is 11.1. The first-order chi connectivity index (χ1) is 26.4. The molecule has 0 saturated heterocycles. The smallest absolute Gasteiger partial charge is 0.143 e. The van der Waals surface area contributed by atoms with E-state index in [9.17, 15) is 0 Å². The molecule has 0 aliphatic rings. The molecule has 0 aliphatic heterocycles. The minimum Gasteiger partial charge on any atom is -0.455 e. The second-order valence-electron chi connectivity index (χ2n) is 12.4. The van der Waals surface area contributed by atoms with Gasteiger partial charge in [-0.05, 0) is 89.6 Å². The van der Waals surface area contributed by atoms with Crippen LogP contribution in [-0.4, -0.2) is 0 Å². The normalized spacial score (nSPS) is 13.1. The van der Waals surface area contributed by atoms with Crippen LogP contribution >= 0.6 is 0 Å². The van der Waals surface area contributed by atoms with Crippen molar-refractivity contribution in [2.45, 2.75) is 0 Å². The lowest BCUT2D eigenvalue weighted by atomic mass is 9.85. The predicted molar refractivity (Wildman–Crippen MR) is 208 cm³/mol. The van der Waals surface area contributed by atoms with Gasteiger partial charge in [-0.15, -0.1) is 0 Å². The van der Waals surface area contributed by atoms with Gasteiger partial charge in [-0.25, -0.2) is 0 Å². The zero-order valence-corrected chi connectivity index (χ0v) is 26.3. The highest BCUT2D eigenvalue weighted by Crippen LogP contribution is 2.46. The van der Waals surface area contributed by atoms with Crippen LogP contribution in [0.4, 0.5) is 0 Å². The Morgan fingerprint density at radius 3 is 1.51 bits per heavy atom. The van der Waals surface area contributed by atoms with Crippen LogP contribution in [0.2, 0.25) is 0 Å². The molecule has 0 fully saturated rings. The fraction of sp³-hybridized carbons (Fsp3) is 0. The lowest BCUT2D eigenvalue weighted by Gasteiger charge is -2.18. The highest BCUT2D eigenvalue weighted by atomic mass is 16.3. The Bertz CT molecular complexity index is 3060. The van der Waals surface area contributed by atoms with Gasteiger partial charge in [0.05, 0.1) is 6.85 Å². The molecule has 0 aliphatic carbocycles. The van der Waals surface area contributed by atoms with E-state index >= 15 is 0 Å². The number of fused-ring (bicyclic) bond motifs is 7.